The van der Waals surface area contributed by atoms with Gasteiger partial charge in [0, 0.05) is 6.54 Å². The molecule has 15 heavy (non-hydrogen) atoms. The van der Waals surface area contributed by atoms with Gasteiger partial charge >= 0.3 is 0 Å². The summed E-state index contributed by atoms with van der Waals surface area (Å²) >= 11 is 0. The Morgan fingerprint density at radius 1 is 1.13 bits per heavy atom. The number of benzene rings is 1. The molecule has 0 atom stereocenters. The van der Waals surface area contributed by atoms with Gasteiger partial charge < -0.3 is 11.1 Å². The van der Waals surface area contributed by atoms with Crippen LogP contribution in [0.4, 0.5) is 0 Å². The van der Waals surface area contributed by atoms with E-state index in [1.807, 2.05) is 0 Å². The van der Waals surface area contributed by atoms with Gasteiger partial charge in [-0.15, -0.1) is 0 Å². The van der Waals surface area contributed by atoms with Gasteiger partial charge in [-0.25, -0.2) is 0 Å². The van der Waals surface area contributed by atoms with Crippen LogP contribution in [0.3, 0.4) is 0 Å². The third kappa shape index (κ3) is 3.65. The van der Waals surface area contributed by atoms with E-state index in [-0.39, 0.29) is 0 Å². The smallest absolute Gasteiger partial charge is 0.0205 e. The molecule has 1 aliphatic rings. The molecular weight excluding hydrogens is 184 g/mol. The molecule has 0 amide bonds. The van der Waals surface area contributed by atoms with Crippen LogP contribution in [0.15, 0.2) is 24.3 Å². The third-order valence-corrected chi connectivity index (χ3v) is 2.92. The molecule has 0 spiro atoms. The lowest BCUT2D eigenvalue weighted by atomic mass is 10.1. The maximum Gasteiger partial charge on any atom is 0.0205 e. The summed E-state index contributed by atoms with van der Waals surface area (Å²) in [5.41, 5.74) is 8.21. The van der Waals surface area contributed by atoms with E-state index in [0.29, 0.717) is 0 Å². The highest BCUT2D eigenvalue weighted by atomic mass is 14.9. The number of nitrogens with two attached hydrogens (primary N) is 1. The first kappa shape index (κ1) is 10.7. The van der Waals surface area contributed by atoms with Crippen molar-refractivity contribution in [2.24, 2.45) is 11.7 Å². The van der Waals surface area contributed by atoms with Crippen LogP contribution in [0.2, 0.25) is 0 Å². The van der Waals surface area contributed by atoms with Crippen molar-refractivity contribution < 1.29 is 0 Å². The molecule has 0 unspecified atom stereocenters. The van der Waals surface area contributed by atoms with Crippen molar-refractivity contribution in [3.05, 3.63) is 35.4 Å². The Morgan fingerprint density at radius 2 is 1.80 bits per heavy atom. The Labute approximate surface area is 91.9 Å². The lowest BCUT2D eigenvalue weighted by Crippen LogP contribution is -2.16. The highest BCUT2D eigenvalue weighted by molar-refractivity contribution is 5.22. The predicted octanol–water partition coefficient (Wildman–Crippen LogP) is 1.69. The molecule has 2 rings (SSSR count). The second-order valence-corrected chi connectivity index (χ2v) is 4.43. The molecule has 0 aliphatic heterocycles. The Hall–Kier alpha value is -0.860. The molecule has 1 aliphatic carbocycles. The molecule has 0 radical (unpaired) electrons. The first-order chi connectivity index (χ1) is 7.38. The van der Waals surface area contributed by atoms with Crippen LogP contribution in [0.1, 0.15) is 24.0 Å². The second-order valence-electron chi connectivity index (χ2n) is 4.43. The van der Waals surface area contributed by atoms with Crippen molar-refractivity contribution in [3.8, 4) is 0 Å². The molecule has 0 bridgehead atoms. The summed E-state index contributed by atoms with van der Waals surface area (Å²) in [7, 11) is 0. The zero-order valence-corrected chi connectivity index (χ0v) is 9.21. The molecule has 0 aromatic heterocycles. The molecule has 1 aromatic rings. The summed E-state index contributed by atoms with van der Waals surface area (Å²) in [4.78, 5) is 0. The lowest BCUT2D eigenvalue weighted by Gasteiger charge is -2.05. The van der Waals surface area contributed by atoms with E-state index in [0.717, 1.165) is 25.4 Å². The van der Waals surface area contributed by atoms with Gasteiger partial charge in [0.2, 0.25) is 0 Å². The normalized spacial score (nSPS) is 15.5. The fourth-order valence-corrected chi connectivity index (χ4v) is 1.73. The van der Waals surface area contributed by atoms with E-state index in [2.05, 4.69) is 29.6 Å². The fraction of sp³-hybridized carbons (Fsp3) is 0.538. The number of nitrogens with one attached hydrogen (secondary N) is 1. The van der Waals surface area contributed by atoms with Crippen LogP contribution < -0.4 is 11.1 Å². The Bertz CT molecular complexity index is 288. The fourth-order valence-electron chi connectivity index (χ4n) is 1.73. The molecule has 0 saturated heterocycles. The third-order valence-electron chi connectivity index (χ3n) is 2.92. The van der Waals surface area contributed by atoms with Gasteiger partial charge in [-0.2, -0.15) is 0 Å². The average Bonchev–Trinajstić information content (AvgIpc) is 3.05. The number of rotatable bonds is 6. The van der Waals surface area contributed by atoms with Gasteiger partial charge in [-0.05, 0) is 49.4 Å². The van der Waals surface area contributed by atoms with Crippen LogP contribution in [0.25, 0.3) is 0 Å². The monoisotopic (exact) mass is 204 g/mol. The van der Waals surface area contributed by atoms with E-state index in [1.54, 1.807) is 0 Å². The molecule has 2 heteroatoms. The van der Waals surface area contributed by atoms with Gasteiger partial charge in [0.25, 0.3) is 0 Å². The molecular formula is C13H20N2. The Morgan fingerprint density at radius 3 is 2.40 bits per heavy atom. The van der Waals surface area contributed by atoms with Crippen molar-refractivity contribution in [1.82, 2.24) is 5.32 Å². The number of hydrogen-bond acceptors (Lipinski definition) is 2. The van der Waals surface area contributed by atoms with Crippen molar-refractivity contribution >= 4 is 0 Å². The minimum absolute atomic E-state index is 0.735. The lowest BCUT2D eigenvalue weighted by molar-refractivity contribution is 0.638. The second kappa shape index (κ2) is 5.29. The number of hydrogen-bond donors (Lipinski definition) is 2. The molecule has 1 aromatic carbocycles. The molecule has 3 N–H and O–H groups in total. The highest BCUT2D eigenvalue weighted by Crippen LogP contribution is 2.27. The highest BCUT2D eigenvalue weighted by Gasteiger charge is 2.19. The van der Waals surface area contributed by atoms with E-state index in [4.69, 9.17) is 5.73 Å². The van der Waals surface area contributed by atoms with E-state index in [1.165, 1.54) is 30.5 Å². The van der Waals surface area contributed by atoms with Crippen molar-refractivity contribution in [2.45, 2.75) is 25.8 Å². The average molecular weight is 204 g/mol. The molecule has 1 fully saturated rings. The first-order valence-electron chi connectivity index (χ1n) is 5.87. The largest absolute Gasteiger partial charge is 0.330 e. The van der Waals surface area contributed by atoms with Crippen molar-refractivity contribution in [2.75, 3.05) is 13.1 Å². The zero-order chi connectivity index (χ0) is 10.5. The predicted molar refractivity (Wildman–Crippen MR) is 63.6 cm³/mol. The van der Waals surface area contributed by atoms with E-state index < -0.39 is 0 Å². The van der Waals surface area contributed by atoms with Crippen molar-refractivity contribution in [1.29, 1.82) is 0 Å². The summed E-state index contributed by atoms with van der Waals surface area (Å²) in [6.07, 6.45) is 3.82. The standard InChI is InChI=1S/C13H20N2/c14-8-7-11-1-3-12(4-2-11)9-15-10-13-5-6-13/h1-4,13,15H,5-10,14H2. The van der Waals surface area contributed by atoms with E-state index in [9.17, 15) is 0 Å². The van der Waals surface area contributed by atoms with Gasteiger partial charge in [-0.3, -0.25) is 0 Å². The van der Waals surface area contributed by atoms with Gasteiger partial charge in [0.1, 0.15) is 0 Å². The Kier molecular flexibility index (Phi) is 3.75. The minimum Gasteiger partial charge on any atom is -0.330 e. The van der Waals surface area contributed by atoms with Crippen LogP contribution in [-0.4, -0.2) is 13.1 Å². The molecule has 82 valence electrons. The van der Waals surface area contributed by atoms with Gasteiger partial charge in [0.05, 0.1) is 0 Å². The topological polar surface area (TPSA) is 38.0 Å². The summed E-state index contributed by atoms with van der Waals surface area (Å²) in [5, 5.41) is 3.49. The zero-order valence-electron chi connectivity index (χ0n) is 9.21. The molecule has 1 saturated carbocycles. The van der Waals surface area contributed by atoms with Crippen LogP contribution in [-0.2, 0) is 13.0 Å². The van der Waals surface area contributed by atoms with E-state index >= 15 is 0 Å². The SMILES string of the molecule is NCCc1ccc(CNCC2CC2)cc1. The molecule has 2 nitrogen and oxygen atoms in total. The van der Waals surface area contributed by atoms with Crippen molar-refractivity contribution in [3.63, 3.8) is 0 Å². The maximum atomic E-state index is 5.51. The van der Waals surface area contributed by atoms with Crippen LogP contribution in [0, 0.1) is 5.92 Å². The van der Waals surface area contributed by atoms with Gasteiger partial charge in [0.15, 0.2) is 0 Å². The Balaban J connectivity index is 1.75. The molecule has 0 heterocycles. The van der Waals surface area contributed by atoms with Gasteiger partial charge in [-0.1, -0.05) is 24.3 Å². The summed E-state index contributed by atoms with van der Waals surface area (Å²) in [6, 6.07) is 8.76. The summed E-state index contributed by atoms with van der Waals surface area (Å²) < 4.78 is 0. The minimum atomic E-state index is 0.735. The van der Waals surface area contributed by atoms with Crippen LogP contribution >= 0.6 is 0 Å². The summed E-state index contributed by atoms with van der Waals surface area (Å²) in [6.45, 7) is 2.92. The summed E-state index contributed by atoms with van der Waals surface area (Å²) in [5.74, 6) is 0.960. The maximum absolute atomic E-state index is 5.51. The quantitative estimate of drug-likeness (QED) is 0.740. The first-order valence-corrected chi connectivity index (χ1v) is 5.87. The van der Waals surface area contributed by atoms with Crippen LogP contribution in [0.5, 0.6) is 0 Å².